The molecule has 3 rings (SSSR count). The number of nitrogens with one attached hydrogen (secondary N) is 2. The molecular formula is C9H11N3O2S. The molecule has 15 heavy (non-hydrogen) atoms. The highest BCUT2D eigenvalue weighted by molar-refractivity contribution is 8.01. The Labute approximate surface area is 89.5 Å². The van der Waals surface area contributed by atoms with Gasteiger partial charge in [0, 0.05) is 23.5 Å². The molecule has 5 nitrogen and oxygen atoms in total. The summed E-state index contributed by atoms with van der Waals surface area (Å²) in [5.74, 6) is 0. The Kier molecular flexibility index (Phi) is 2.00. The van der Waals surface area contributed by atoms with Gasteiger partial charge in [-0.15, -0.1) is 0 Å². The van der Waals surface area contributed by atoms with E-state index in [2.05, 4.69) is 15.6 Å². The summed E-state index contributed by atoms with van der Waals surface area (Å²) in [6.45, 7) is 0.628. The first-order chi connectivity index (χ1) is 7.27. The normalized spacial score (nSPS) is 38.7. The van der Waals surface area contributed by atoms with E-state index in [1.54, 1.807) is 6.21 Å². The molecule has 1 aliphatic carbocycles. The van der Waals surface area contributed by atoms with Gasteiger partial charge in [-0.1, -0.05) is 0 Å². The van der Waals surface area contributed by atoms with Crippen LogP contribution in [-0.4, -0.2) is 33.6 Å². The highest BCUT2D eigenvalue weighted by Crippen LogP contribution is 2.31. The topological polar surface area (TPSA) is 70.6 Å². The largest absolute Gasteiger partial charge is 0.317 e. The van der Waals surface area contributed by atoms with Gasteiger partial charge in [-0.2, -0.15) is 0 Å². The molecule has 1 fully saturated rings. The van der Waals surface area contributed by atoms with Crippen molar-refractivity contribution in [2.75, 3.05) is 6.67 Å². The number of rotatable bonds is 0. The summed E-state index contributed by atoms with van der Waals surface area (Å²) in [6.07, 6.45) is 3.53. The van der Waals surface area contributed by atoms with Gasteiger partial charge in [0.2, 0.25) is 0 Å². The van der Waals surface area contributed by atoms with Gasteiger partial charge < -0.3 is 5.32 Å². The van der Waals surface area contributed by atoms with Crippen LogP contribution in [0, 0.1) is 0 Å². The molecule has 2 heterocycles. The second-order valence-corrected chi connectivity index (χ2v) is 5.41. The van der Waals surface area contributed by atoms with Crippen molar-refractivity contribution in [1.29, 1.82) is 0 Å². The Morgan fingerprint density at radius 1 is 1.47 bits per heavy atom. The van der Waals surface area contributed by atoms with Crippen LogP contribution in [0.3, 0.4) is 0 Å². The van der Waals surface area contributed by atoms with Crippen LogP contribution in [-0.2, 0) is 10.8 Å². The van der Waals surface area contributed by atoms with Crippen LogP contribution in [0.25, 0.3) is 0 Å². The maximum atomic E-state index is 11.6. The van der Waals surface area contributed by atoms with Gasteiger partial charge in [-0.25, -0.2) is 4.21 Å². The monoisotopic (exact) mass is 225 g/mol. The zero-order valence-electron chi connectivity index (χ0n) is 8.03. The Morgan fingerprint density at radius 3 is 3.20 bits per heavy atom. The van der Waals surface area contributed by atoms with E-state index in [0.717, 1.165) is 24.1 Å². The van der Waals surface area contributed by atoms with Crippen LogP contribution in [0.1, 0.15) is 12.8 Å². The molecule has 0 saturated carbocycles. The molecule has 2 aliphatic heterocycles. The lowest BCUT2D eigenvalue weighted by Gasteiger charge is -2.29. The fraction of sp³-hybridized carbons (Fsp3) is 0.556. The summed E-state index contributed by atoms with van der Waals surface area (Å²) in [7, 11) is -1.40. The first-order valence-electron chi connectivity index (χ1n) is 4.96. The fourth-order valence-electron chi connectivity index (χ4n) is 2.33. The van der Waals surface area contributed by atoms with E-state index in [9.17, 15) is 9.00 Å². The van der Waals surface area contributed by atoms with Crippen LogP contribution in [0.2, 0.25) is 0 Å². The van der Waals surface area contributed by atoms with E-state index in [-0.39, 0.29) is 16.5 Å². The number of carbonyl (C=O) groups excluding carboxylic acids is 1. The van der Waals surface area contributed by atoms with Gasteiger partial charge in [-0.3, -0.25) is 15.1 Å². The van der Waals surface area contributed by atoms with Crippen molar-refractivity contribution in [1.82, 2.24) is 10.6 Å². The molecule has 80 valence electrons. The summed E-state index contributed by atoms with van der Waals surface area (Å²) < 4.78 is 11.6. The molecule has 0 bridgehead atoms. The Morgan fingerprint density at radius 2 is 2.33 bits per heavy atom. The molecule has 3 aliphatic rings. The van der Waals surface area contributed by atoms with E-state index in [1.165, 1.54) is 0 Å². The Hall–Kier alpha value is -1.01. The lowest BCUT2D eigenvalue weighted by Crippen LogP contribution is -2.41. The molecule has 3 unspecified atom stereocenters. The van der Waals surface area contributed by atoms with E-state index < -0.39 is 10.8 Å². The van der Waals surface area contributed by atoms with E-state index in [1.807, 2.05) is 0 Å². The van der Waals surface area contributed by atoms with Crippen LogP contribution in [0.15, 0.2) is 16.3 Å². The first kappa shape index (κ1) is 9.23. The van der Waals surface area contributed by atoms with Gasteiger partial charge in [0.25, 0.3) is 0 Å². The minimum absolute atomic E-state index is 0.130. The lowest BCUT2D eigenvalue weighted by molar-refractivity contribution is 0.262. The molecule has 3 atom stereocenters. The van der Waals surface area contributed by atoms with Crippen molar-refractivity contribution in [3.63, 3.8) is 0 Å². The average molecular weight is 225 g/mol. The standard InChI is InChI=1S/C9H11N3O2S/c13-9-12-8-5-3-10-4-11-6(5)1-2-7(8)15(9)14/h3,6-7,11H,1-2,4H2,(H,12,13). The minimum Gasteiger partial charge on any atom is -0.317 e. The predicted octanol–water partition coefficient (Wildman–Crippen LogP) is -0.125. The van der Waals surface area contributed by atoms with Gasteiger partial charge >= 0.3 is 5.24 Å². The van der Waals surface area contributed by atoms with Crippen molar-refractivity contribution in [3.05, 3.63) is 11.3 Å². The molecular weight excluding hydrogens is 214 g/mol. The molecule has 6 heteroatoms. The summed E-state index contributed by atoms with van der Waals surface area (Å²) >= 11 is 0. The SMILES string of the molecule is O=C1NC2=C3C=NCNC3CCC2S1=O. The number of nitrogens with zero attached hydrogens (tertiary/aromatic N) is 1. The van der Waals surface area contributed by atoms with Crippen molar-refractivity contribution in [2.45, 2.75) is 24.1 Å². The van der Waals surface area contributed by atoms with Crippen LogP contribution < -0.4 is 10.6 Å². The summed E-state index contributed by atoms with van der Waals surface area (Å²) in [6, 6.07) is 0.268. The summed E-state index contributed by atoms with van der Waals surface area (Å²) in [4.78, 5) is 15.4. The van der Waals surface area contributed by atoms with E-state index >= 15 is 0 Å². The van der Waals surface area contributed by atoms with Crippen molar-refractivity contribution in [3.8, 4) is 0 Å². The third-order valence-electron chi connectivity index (χ3n) is 3.06. The Balaban J connectivity index is 2.09. The Bertz CT molecular complexity index is 416. The highest BCUT2D eigenvalue weighted by Gasteiger charge is 2.41. The van der Waals surface area contributed by atoms with E-state index in [0.29, 0.717) is 6.67 Å². The van der Waals surface area contributed by atoms with Crippen molar-refractivity contribution < 1.29 is 9.00 Å². The molecule has 1 amide bonds. The quantitative estimate of drug-likeness (QED) is 0.603. The van der Waals surface area contributed by atoms with E-state index in [4.69, 9.17) is 0 Å². The zero-order chi connectivity index (χ0) is 10.4. The second-order valence-electron chi connectivity index (χ2n) is 3.87. The molecule has 1 saturated heterocycles. The number of amides is 1. The van der Waals surface area contributed by atoms with Crippen molar-refractivity contribution >= 4 is 22.3 Å². The fourth-order valence-corrected chi connectivity index (χ4v) is 3.55. The number of hydrogen-bond donors (Lipinski definition) is 2. The predicted molar refractivity (Wildman–Crippen MR) is 57.0 cm³/mol. The number of hydrogen-bond acceptors (Lipinski definition) is 4. The third-order valence-corrected chi connectivity index (χ3v) is 4.52. The maximum Gasteiger partial charge on any atom is 0.314 e. The summed E-state index contributed by atoms with van der Waals surface area (Å²) in [5, 5.41) is 5.48. The summed E-state index contributed by atoms with van der Waals surface area (Å²) in [5.41, 5.74) is 1.84. The van der Waals surface area contributed by atoms with Crippen LogP contribution >= 0.6 is 0 Å². The van der Waals surface area contributed by atoms with Crippen LogP contribution in [0.4, 0.5) is 4.79 Å². The number of carbonyl (C=O) groups is 1. The van der Waals surface area contributed by atoms with Gasteiger partial charge in [0.1, 0.15) is 10.8 Å². The minimum atomic E-state index is -1.40. The van der Waals surface area contributed by atoms with Gasteiger partial charge in [-0.05, 0) is 12.8 Å². The number of fused-ring (bicyclic) bond motifs is 2. The third kappa shape index (κ3) is 1.28. The maximum absolute atomic E-state index is 11.6. The molecule has 0 aromatic heterocycles. The second kappa shape index (κ2) is 3.24. The highest BCUT2D eigenvalue weighted by atomic mass is 32.2. The molecule has 0 spiro atoms. The van der Waals surface area contributed by atoms with Gasteiger partial charge in [0.15, 0.2) is 0 Å². The first-order valence-corrected chi connectivity index (χ1v) is 6.17. The number of aliphatic imine (C=N–C) groups is 1. The zero-order valence-corrected chi connectivity index (χ0v) is 8.84. The molecule has 0 aromatic carbocycles. The van der Waals surface area contributed by atoms with Crippen molar-refractivity contribution in [2.24, 2.45) is 4.99 Å². The smallest absolute Gasteiger partial charge is 0.314 e. The molecule has 0 radical (unpaired) electrons. The van der Waals surface area contributed by atoms with Gasteiger partial charge in [0.05, 0.1) is 11.9 Å². The average Bonchev–Trinajstić information content (AvgIpc) is 2.56. The molecule has 2 N–H and O–H groups in total. The van der Waals surface area contributed by atoms with Crippen LogP contribution in [0.5, 0.6) is 0 Å². The molecule has 0 aromatic rings. The lowest BCUT2D eigenvalue weighted by atomic mass is 9.91.